The highest BCUT2D eigenvalue weighted by molar-refractivity contribution is 8.00. The number of rotatable bonds is 4. The third-order valence-electron chi connectivity index (χ3n) is 3.45. The zero-order chi connectivity index (χ0) is 12.4. The van der Waals surface area contributed by atoms with Gasteiger partial charge >= 0.3 is 0 Å². The van der Waals surface area contributed by atoms with E-state index >= 15 is 0 Å². The molecule has 0 aliphatic heterocycles. The molecule has 18 heavy (non-hydrogen) atoms. The summed E-state index contributed by atoms with van der Waals surface area (Å²) in [5.41, 5.74) is 0.798. The van der Waals surface area contributed by atoms with Gasteiger partial charge in [-0.15, -0.1) is 0 Å². The molecule has 0 saturated heterocycles. The summed E-state index contributed by atoms with van der Waals surface area (Å²) in [5, 5.41) is 1.69. The van der Waals surface area contributed by atoms with Crippen molar-refractivity contribution >= 4 is 28.5 Å². The average Bonchev–Trinajstić information content (AvgIpc) is 3.04. The van der Waals surface area contributed by atoms with Crippen molar-refractivity contribution in [1.29, 1.82) is 0 Å². The second-order valence-corrected chi connectivity index (χ2v) is 6.08. The van der Waals surface area contributed by atoms with Crippen molar-refractivity contribution in [1.82, 2.24) is 0 Å². The van der Waals surface area contributed by atoms with Gasteiger partial charge < -0.3 is 4.42 Å². The van der Waals surface area contributed by atoms with E-state index in [1.807, 2.05) is 30.3 Å². The summed E-state index contributed by atoms with van der Waals surface area (Å²) >= 11 is 1.79. The fourth-order valence-corrected chi connectivity index (χ4v) is 3.63. The topological polar surface area (TPSA) is 30.2 Å². The zero-order valence-electron chi connectivity index (χ0n) is 10.2. The zero-order valence-corrected chi connectivity index (χ0v) is 11.0. The summed E-state index contributed by atoms with van der Waals surface area (Å²) in [4.78, 5) is 12.1. The molecule has 0 N–H and O–H groups in total. The minimum Gasteiger partial charge on any atom is -0.453 e. The lowest BCUT2D eigenvalue weighted by Crippen LogP contribution is -2.05. The summed E-state index contributed by atoms with van der Waals surface area (Å²) in [6, 6.07) is 9.61. The summed E-state index contributed by atoms with van der Waals surface area (Å²) in [5.74, 6) is 1.16. The average molecular weight is 260 g/mol. The standard InChI is InChI=1S/C15H16O2S/c16-13(10-18-12-6-2-3-7-12)15-9-11-5-1-4-8-14(11)17-15/h1,4-5,8-9,12H,2-3,6-7,10H2. The molecule has 0 unspecified atom stereocenters. The molecule has 0 amide bonds. The van der Waals surface area contributed by atoms with Crippen molar-refractivity contribution in [2.45, 2.75) is 30.9 Å². The smallest absolute Gasteiger partial charge is 0.207 e. The first-order valence-electron chi connectivity index (χ1n) is 6.46. The molecule has 94 valence electrons. The van der Waals surface area contributed by atoms with E-state index in [0.29, 0.717) is 16.8 Å². The molecule has 3 rings (SSSR count). The number of carbonyl (C=O) groups is 1. The predicted molar refractivity (Wildman–Crippen MR) is 75.3 cm³/mol. The number of thioether (sulfide) groups is 1. The second kappa shape index (κ2) is 5.19. The van der Waals surface area contributed by atoms with Crippen LogP contribution in [0.4, 0.5) is 0 Å². The number of hydrogen-bond donors (Lipinski definition) is 0. The Morgan fingerprint density at radius 1 is 1.28 bits per heavy atom. The first kappa shape index (κ1) is 11.8. The van der Waals surface area contributed by atoms with Crippen LogP contribution in [0.1, 0.15) is 36.2 Å². The van der Waals surface area contributed by atoms with Gasteiger partial charge in [-0.05, 0) is 25.0 Å². The fourth-order valence-electron chi connectivity index (χ4n) is 2.44. The van der Waals surface area contributed by atoms with E-state index < -0.39 is 0 Å². The van der Waals surface area contributed by atoms with Crippen LogP contribution < -0.4 is 0 Å². The van der Waals surface area contributed by atoms with Gasteiger partial charge in [0.15, 0.2) is 5.76 Å². The Kier molecular flexibility index (Phi) is 3.41. The normalized spacial score (nSPS) is 16.4. The Hall–Kier alpha value is -1.22. The Morgan fingerprint density at radius 3 is 2.83 bits per heavy atom. The number of para-hydroxylation sites is 1. The van der Waals surface area contributed by atoms with Crippen molar-refractivity contribution in [3.8, 4) is 0 Å². The van der Waals surface area contributed by atoms with Crippen LogP contribution in [0.3, 0.4) is 0 Å². The molecular formula is C15H16O2S. The van der Waals surface area contributed by atoms with Gasteiger partial charge in [0, 0.05) is 10.6 Å². The maximum absolute atomic E-state index is 12.1. The highest BCUT2D eigenvalue weighted by atomic mass is 32.2. The van der Waals surface area contributed by atoms with E-state index in [2.05, 4.69) is 0 Å². The lowest BCUT2D eigenvalue weighted by molar-refractivity contribution is 0.0994. The highest BCUT2D eigenvalue weighted by Crippen LogP contribution is 2.30. The van der Waals surface area contributed by atoms with Crippen molar-refractivity contribution < 1.29 is 9.21 Å². The number of fused-ring (bicyclic) bond motifs is 1. The summed E-state index contributed by atoms with van der Waals surface area (Å²) in [6.07, 6.45) is 5.16. The van der Waals surface area contributed by atoms with Gasteiger partial charge in [0.05, 0.1) is 5.75 Å². The Bertz CT molecular complexity index is 519. The van der Waals surface area contributed by atoms with Crippen LogP contribution in [0, 0.1) is 0 Å². The lowest BCUT2D eigenvalue weighted by atomic mass is 10.2. The van der Waals surface area contributed by atoms with Crippen molar-refractivity contribution in [3.05, 3.63) is 36.1 Å². The fraction of sp³-hybridized carbons (Fsp3) is 0.400. The van der Waals surface area contributed by atoms with Crippen LogP contribution >= 0.6 is 11.8 Å². The minimum absolute atomic E-state index is 0.114. The van der Waals surface area contributed by atoms with Crippen molar-refractivity contribution in [2.75, 3.05) is 5.75 Å². The third kappa shape index (κ3) is 2.46. The van der Waals surface area contributed by atoms with Crippen LogP contribution in [-0.4, -0.2) is 16.8 Å². The summed E-state index contributed by atoms with van der Waals surface area (Å²) in [6.45, 7) is 0. The molecule has 1 heterocycles. The number of carbonyl (C=O) groups excluding carboxylic acids is 1. The molecule has 3 heteroatoms. The van der Waals surface area contributed by atoms with E-state index in [0.717, 1.165) is 11.0 Å². The minimum atomic E-state index is 0.114. The van der Waals surface area contributed by atoms with Gasteiger partial charge in [0.25, 0.3) is 0 Å². The lowest BCUT2D eigenvalue weighted by Gasteiger charge is -2.06. The number of hydrogen-bond acceptors (Lipinski definition) is 3. The van der Waals surface area contributed by atoms with E-state index in [4.69, 9.17) is 4.42 Å². The Morgan fingerprint density at radius 2 is 2.06 bits per heavy atom. The van der Waals surface area contributed by atoms with Crippen LogP contribution in [0.2, 0.25) is 0 Å². The first-order valence-corrected chi connectivity index (χ1v) is 7.51. The summed E-state index contributed by atoms with van der Waals surface area (Å²) < 4.78 is 5.58. The van der Waals surface area contributed by atoms with E-state index in [1.165, 1.54) is 25.7 Å². The largest absolute Gasteiger partial charge is 0.453 e. The maximum atomic E-state index is 12.1. The quantitative estimate of drug-likeness (QED) is 0.768. The van der Waals surface area contributed by atoms with E-state index in [1.54, 1.807) is 11.8 Å². The highest BCUT2D eigenvalue weighted by Gasteiger charge is 2.18. The molecule has 1 aliphatic carbocycles. The summed E-state index contributed by atoms with van der Waals surface area (Å²) in [7, 11) is 0. The molecule has 0 atom stereocenters. The molecule has 1 aromatic heterocycles. The van der Waals surface area contributed by atoms with Gasteiger partial charge in [0.1, 0.15) is 5.58 Å². The molecule has 0 radical (unpaired) electrons. The number of Topliss-reactive ketones (excluding diaryl/α,β-unsaturated/α-hetero) is 1. The molecule has 1 aliphatic rings. The molecule has 0 spiro atoms. The maximum Gasteiger partial charge on any atom is 0.207 e. The van der Waals surface area contributed by atoms with Gasteiger partial charge in [0.2, 0.25) is 5.78 Å². The monoisotopic (exact) mass is 260 g/mol. The van der Waals surface area contributed by atoms with Crippen molar-refractivity contribution in [2.24, 2.45) is 0 Å². The number of furan rings is 1. The molecule has 1 saturated carbocycles. The van der Waals surface area contributed by atoms with Gasteiger partial charge in [-0.3, -0.25) is 4.79 Å². The van der Waals surface area contributed by atoms with Crippen LogP contribution in [0.25, 0.3) is 11.0 Å². The van der Waals surface area contributed by atoms with Gasteiger partial charge in [-0.1, -0.05) is 31.0 Å². The van der Waals surface area contributed by atoms with Crippen molar-refractivity contribution in [3.63, 3.8) is 0 Å². The molecule has 2 nitrogen and oxygen atoms in total. The van der Waals surface area contributed by atoms with E-state index in [9.17, 15) is 4.79 Å². The number of ketones is 1. The molecule has 2 aromatic rings. The Labute approximate surface area is 111 Å². The second-order valence-electron chi connectivity index (χ2n) is 4.79. The van der Waals surface area contributed by atoms with Crippen LogP contribution in [-0.2, 0) is 0 Å². The van der Waals surface area contributed by atoms with Gasteiger partial charge in [-0.25, -0.2) is 0 Å². The van der Waals surface area contributed by atoms with Gasteiger partial charge in [-0.2, -0.15) is 11.8 Å². The third-order valence-corrected chi connectivity index (χ3v) is 4.82. The molecule has 1 fully saturated rings. The molecule has 1 aromatic carbocycles. The SMILES string of the molecule is O=C(CSC1CCCC1)c1cc2ccccc2o1. The number of benzene rings is 1. The first-order chi connectivity index (χ1) is 8.83. The van der Waals surface area contributed by atoms with Crippen LogP contribution in [0.15, 0.2) is 34.7 Å². The molecule has 0 bridgehead atoms. The Balaban J connectivity index is 1.67. The van der Waals surface area contributed by atoms with E-state index in [-0.39, 0.29) is 5.78 Å². The van der Waals surface area contributed by atoms with Crippen LogP contribution in [0.5, 0.6) is 0 Å². The molecular weight excluding hydrogens is 244 g/mol. The predicted octanol–water partition coefficient (Wildman–Crippen LogP) is 4.29.